The van der Waals surface area contributed by atoms with Gasteiger partial charge in [0, 0.05) is 13.1 Å². The number of nitrogens with zero attached hydrogens (tertiary/aromatic N) is 2. The molecule has 2 heterocycles. The Morgan fingerprint density at radius 2 is 2.20 bits per heavy atom. The SMILES string of the molecule is CC(C)Cn1ncc(NCC2CCNCC2)c(Br)c1=O. The first-order valence-electron chi connectivity index (χ1n) is 7.28. The first-order valence-corrected chi connectivity index (χ1v) is 8.07. The maximum Gasteiger partial charge on any atom is 0.283 e. The van der Waals surface area contributed by atoms with Crippen LogP contribution in [-0.4, -0.2) is 29.4 Å². The second-order valence-electron chi connectivity index (χ2n) is 5.83. The summed E-state index contributed by atoms with van der Waals surface area (Å²) < 4.78 is 2.10. The van der Waals surface area contributed by atoms with Crippen molar-refractivity contribution in [1.82, 2.24) is 15.1 Å². The number of piperidine rings is 1. The Morgan fingerprint density at radius 3 is 2.85 bits per heavy atom. The van der Waals surface area contributed by atoms with Crippen molar-refractivity contribution in [3.63, 3.8) is 0 Å². The summed E-state index contributed by atoms with van der Waals surface area (Å²) in [6, 6.07) is 0. The Morgan fingerprint density at radius 1 is 1.50 bits per heavy atom. The summed E-state index contributed by atoms with van der Waals surface area (Å²) in [5.41, 5.74) is 0.738. The third-order valence-corrected chi connectivity index (χ3v) is 4.33. The minimum Gasteiger partial charge on any atom is -0.382 e. The molecule has 1 fully saturated rings. The molecule has 6 heteroatoms. The van der Waals surface area contributed by atoms with Gasteiger partial charge in [-0.15, -0.1) is 0 Å². The molecule has 0 spiro atoms. The molecule has 0 amide bonds. The molecule has 2 rings (SSSR count). The van der Waals surface area contributed by atoms with E-state index in [4.69, 9.17) is 0 Å². The van der Waals surface area contributed by atoms with Gasteiger partial charge < -0.3 is 10.6 Å². The molecule has 1 aromatic rings. The lowest BCUT2D eigenvalue weighted by molar-refractivity contribution is 0.389. The van der Waals surface area contributed by atoms with Crippen LogP contribution in [-0.2, 0) is 6.54 Å². The Hall–Kier alpha value is -0.880. The van der Waals surface area contributed by atoms with Crippen LogP contribution in [0.5, 0.6) is 0 Å². The second-order valence-corrected chi connectivity index (χ2v) is 6.62. The largest absolute Gasteiger partial charge is 0.382 e. The van der Waals surface area contributed by atoms with Gasteiger partial charge in [0.25, 0.3) is 5.56 Å². The normalized spacial score (nSPS) is 16.6. The predicted octanol–water partition coefficient (Wildman–Crippen LogP) is 2.07. The maximum atomic E-state index is 12.2. The molecule has 1 aromatic heterocycles. The smallest absolute Gasteiger partial charge is 0.283 e. The molecular weight excluding hydrogens is 320 g/mol. The highest BCUT2D eigenvalue weighted by Gasteiger charge is 2.14. The molecule has 0 unspecified atom stereocenters. The van der Waals surface area contributed by atoms with E-state index >= 15 is 0 Å². The summed E-state index contributed by atoms with van der Waals surface area (Å²) in [6.45, 7) is 7.86. The van der Waals surface area contributed by atoms with Crippen molar-refractivity contribution in [3.05, 3.63) is 21.0 Å². The molecule has 0 aromatic carbocycles. The molecule has 1 saturated heterocycles. The van der Waals surface area contributed by atoms with Gasteiger partial charge in [0.2, 0.25) is 0 Å². The lowest BCUT2D eigenvalue weighted by Crippen LogP contribution is -2.32. The van der Waals surface area contributed by atoms with Gasteiger partial charge in [-0.1, -0.05) is 13.8 Å². The summed E-state index contributed by atoms with van der Waals surface area (Å²) >= 11 is 3.40. The van der Waals surface area contributed by atoms with Crippen LogP contribution in [0.3, 0.4) is 0 Å². The highest BCUT2D eigenvalue weighted by Crippen LogP contribution is 2.19. The van der Waals surface area contributed by atoms with Gasteiger partial charge >= 0.3 is 0 Å². The first kappa shape index (κ1) is 15.5. The zero-order chi connectivity index (χ0) is 14.5. The summed E-state index contributed by atoms with van der Waals surface area (Å²) in [5.74, 6) is 1.07. The Kier molecular flexibility index (Phi) is 5.60. The topological polar surface area (TPSA) is 59.0 Å². The van der Waals surface area contributed by atoms with E-state index in [9.17, 15) is 4.79 Å². The van der Waals surface area contributed by atoms with Gasteiger partial charge in [-0.2, -0.15) is 5.10 Å². The van der Waals surface area contributed by atoms with Gasteiger partial charge in [-0.05, 0) is 53.7 Å². The molecule has 0 saturated carbocycles. The molecule has 0 atom stereocenters. The van der Waals surface area contributed by atoms with E-state index in [2.05, 4.69) is 45.5 Å². The summed E-state index contributed by atoms with van der Waals surface area (Å²) in [4.78, 5) is 12.2. The molecule has 0 aliphatic carbocycles. The van der Waals surface area contributed by atoms with Crippen molar-refractivity contribution >= 4 is 21.6 Å². The van der Waals surface area contributed by atoms with Crippen molar-refractivity contribution in [2.45, 2.75) is 33.2 Å². The van der Waals surface area contributed by atoms with Crippen molar-refractivity contribution in [2.24, 2.45) is 11.8 Å². The lowest BCUT2D eigenvalue weighted by Gasteiger charge is -2.23. The monoisotopic (exact) mass is 342 g/mol. The van der Waals surface area contributed by atoms with Crippen LogP contribution in [0, 0.1) is 11.8 Å². The average Bonchev–Trinajstić information content (AvgIpc) is 2.44. The average molecular weight is 343 g/mol. The van der Waals surface area contributed by atoms with E-state index in [1.165, 1.54) is 17.5 Å². The van der Waals surface area contributed by atoms with Crippen LogP contribution in [0.1, 0.15) is 26.7 Å². The molecule has 112 valence electrons. The van der Waals surface area contributed by atoms with Crippen LogP contribution in [0.15, 0.2) is 15.5 Å². The number of aromatic nitrogens is 2. The van der Waals surface area contributed by atoms with Gasteiger partial charge in [0.05, 0.1) is 11.9 Å². The van der Waals surface area contributed by atoms with E-state index in [0.717, 1.165) is 25.3 Å². The minimum absolute atomic E-state index is 0.0611. The Labute approximate surface area is 128 Å². The van der Waals surface area contributed by atoms with Crippen LogP contribution in [0.4, 0.5) is 5.69 Å². The zero-order valence-electron chi connectivity index (χ0n) is 12.2. The molecule has 1 aliphatic heterocycles. The lowest BCUT2D eigenvalue weighted by atomic mass is 9.98. The van der Waals surface area contributed by atoms with E-state index in [1.807, 2.05) is 0 Å². The van der Waals surface area contributed by atoms with Gasteiger partial charge in [-0.3, -0.25) is 4.79 Å². The van der Waals surface area contributed by atoms with Crippen molar-refractivity contribution < 1.29 is 0 Å². The molecule has 2 N–H and O–H groups in total. The third kappa shape index (κ3) is 4.06. The third-order valence-electron chi connectivity index (χ3n) is 3.56. The maximum absolute atomic E-state index is 12.2. The molecule has 0 radical (unpaired) electrons. The van der Waals surface area contributed by atoms with E-state index in [0.29, 0.717) is 22.9 Å². The van der Waals surface area contributed by atoms with Crippen LogP contribution < -0.4 is 16.2 Å². The molecule has 5 nitrogen and oxygen atoms in total. The fourth-order valence-electron chi connectivity index (χ4n) is 2.40. The van der Waals surface area contributed by atoms with Gasteiger partial charge in [0.1, 0.15) is 4.47 Å². The molecule has 0 bridgehead atoms. The molecule has 20 heavy (non-hydrogen) atoms. The Balaban J connectivity index is 2.01. The number of hydrogen-bond acceptors (Lipinski definition) is 4. The van der Waals surface area contributed by atoms with E-state index < -0.39 is 0 Å². The standard InChI is InChI=1S/C14H23BrN4O/c1-10(2)9-19-14(20)13(15)12(8-18-19)17-7-11-3-5-16-6-4-11/h8,10-11,16-17H,3-7,9H2,1-2H3. The first-order chi connectivity index (χ1) is 9.58. The van der Waals surface area contributed by atoms with Gasteiger partial charge in [0.15, 0.2) is 0 Å². The highest BCUT2D eigenvalue weighted by atomic mass is 79.9. The van der Waals surface area contributed by atoms with E-state index in [-0.39, 0.29) is 5.56 Å². The van der Waals surface area contributed by atoms with Crippen molar-refractivity contribution in [2.75, 3.05) is 25.0 Å². The number of nitrogens with one attached hydrogen (secondary N) is 2. The number of hydrogen-bond donors (Lipinski definition) is 2. The molecule has 1 aliphatic rings. The van der Waals surface area contributed by atoms with Crippen LogP contribution in [0.2, 0.25) is 0 Å². The Bertz CT molecular complexity index is 494. The second kappa shape index (κ2) is 7.22. The van der Waals surface area contributed by atoms with E-state index in [1.54, 1.807) is 6.20 Å². The summed E-state index contributed by atoms with van der Waals surface area (Å²) in [5, 5.41) is 11.0. The van der Waals surface area contributed by atoms with Crippen molar-refractivity contribution in [3.8, 4) is 0 Å². The van der Waals surface area contributed by atoms with Crippen LogP contribution >= 0.6 is 15.9 Å². The fourth-order valence-corrected chi connectivity index (χ4v) is 2.85. The zero-order valence-corrected chi connectivity index (χ0v) is 13.7. The highest BCUT2D eigenvalue weighted by molar-refractivity contribution is 9.10. The van der Waals surface area contributed by atoms with Gasteiger partial charge in [-0.25, -0.2) is 4.68 Å². The number of anilines is 1. The molecular formula is C14H23BrN4O. The fraction of sp³-hybridized carbons (Fsp3) is 0.714. The minimum atomic E-state index is -0.0611. The summed E-state index contributed by atoms with van der Waals surface area (Å²) in [7, 11) is 0. The number of rotatable bonds is 5. The predicted molar refractivity (Wildman–Crippen MR) is 85.1 cm³/mol. The number of halogens is 1. The van der Waals surface area contributed by atoms with Crippen molar-refractivity contribution in [1.29, 1.82) is 0 Å². The quantitative estimate of drug-likeness (QED) is 0.859. The van der Waals surface area contributed by atoms with Crippen LogP contribution in [0.25, 0.3) is 0 Å². The summed E-state index contributed by atoms with van der Waals surface area (Å²) in [6.07, 6.45) is 4.11.